The predicted octanol–water partition coefficient (Wildman–Crippen LogP) is 8.82. The number of hydrogen-bond donors (Lipinski definition) is 0. The first kappa shape index (κ1) is 32.9. The average Bonchev–Trinajstić information content (AvgIpc) is 2.97. The molecule has 41 heavy (non-hydrogen) atoms. The molecule has 0 atom stereocenters. The Morgan fingerprint density at radius 1 is 0.683 bits per heavy atom. The second-order valence-electron chi connectivity index (χ2n) is 9.61. The van der Waals surface area contributed by atoms with Crippen LogP contribution in [0.1, 0.15) is 69.9 Å². The van der Waals surface area contributed by atoms with E-state index in [9.17, 15) is 4.79 Å². The van der Waals surface area contributed by atoms with Crippen molar-refractivity contribution in [2.24, 2.45) is 0 Å². The normalized spacial score (nSPS) is 15.3. The number of hydrogen-bond acceptors (Lipinski definition) is 7. The molecule has 0 radical (unpaired) electrons. The van der Waals surface area contributed by atoms with Crippen LogP contribution in [0.3, 0.4) is 0 Å². The lowest BCUT2D eigenvalue weighted by molar-refractivity contribution is -0.112. The van der Waals surface area contributed by atoms with Gasteiger partial charge in [0.15, 0.2) is 28.8 Å². The van der Waals surface area contributed by atoms with Gasteiger partial charge in [-0.05, 0) is 88.2 Å². The van der Waals surface area contributed by atoms with Gasteiger partial charge in [-0.25, -0.2) is 0 Å². The van der Waals surface area contributed by atoms with Gasteiger partial charge >= 0.3 is 0 Å². The number of carbonyl (C=O) groups is 1. The molecular weight excluding hydrogens is 656 g/mol. The van der Waals surface area contributed by atoms with Crippen LogP contribution in [-0.2, 0) is 4.79 Å². The third kappa shape index (κ3) is 7.80. The molecule has 7 nitrogen and oxygen atoms in total. The van der Waals surface area contributed by atoms with E-state index >= 15 is 0 Å². The van der Waals surface area contributed by atoms with Crippen molar-refractivity contribution in [2.75, 3.05) is 41.7 Å². The highest BCUT2D eigenvalue weighted by Gasteiger charge is 2.25. The van der Waals surface area contributed by atoms with E-state index in [0.29, 0.717) is 80.6 Å². The fourth-order valence-electron chi connectivity index (χ4n) is 4.60. The van der Waals surface area contributed by atoms with Crippen molar-refractivity contribution < 1.29 is 33.2 Å². The lowest BCUT2D eigenvalue weighted by Crippen LogP contribution is -2.13. The molecule has 1 aliphatic rings. The Balaban J connectivity index is 2.09. The fraction of sp³-hybridized carbons (Fsp3) is 0.469. The van der Waals surface area contributed by atoms with Gasteiger partial charge in [-0.1, -0.05) is 26.7 Å². The molecule has 1 saturated carbocycles. The number of halogens is 2. The zero-order chi connectivity index (χ0) is 29.9. The molecule has 0 N–H and O–H groups in total. The van der Waals surface area contributed by atoms with Gasteiger partial charge in [0.05, 0.1) is 41.7 Å². The highest BCUT2D eigenvalue weighted by Crippen LogP contribution is 2.47. The van der Waals surface area contributed by atoms with Crippen molar-refractivity contribution in [3.05, 3.63) is 43.4 Å². The van der Waals surface area contributed by atoms with E-state index < -0.39 is 0 Å². The maximum absolute atomic E-state index is 13.8. The number of ketones is 1. The van der Waals surface area contributed by atoms with Crippen molar-refractivity contribution >= 4 is 49.8 Å². The summed E-state index contributed by atoms with van der Waals surface area (Å²) in [4.78, 5) is 13.8. The van der Waals surface area contributed by atoms with E-state index in [1.54, 1.807) is 28.4 Å². The Kier molecular flexibility index (Phi) is 12.9. The largest absolute Gasteiger partial charge is 0.493 e. The van der Waals surface area contributed by atoms with Crippen LogP contribution in [-0.4, -0.2) is 47.4 Å². The van der Waals surface area contributed by atoms with Crippen LogP contribution >= 0.6 is 31.9 Å². The first-order valence-electron chi connectivity index (χ1n) is 13.9. The number of rotatable bonds is 14. The van der Waals surface area contributed by atoms with Crippen molar-refractivity contribution in [2.45, 2.75) is 58.8 Å². The molecule has 3 rings (SSSR count). The molecule has 0 bridgehead atoms. The summed E-state index contributed by atoms with van der Waals surface area (Å²) < 4.78 is 36.0. The van der Waals surface area contributed by atoms with E-state index in [1.165, 1.54) is 0 Å². The van der Waals surface area contributed by atoms with Crippen LogP contribution in [0.25, 0.3) is 12.2 Å². The van der Waals surface area contributed by atoms with E-state index in [4.69, 9.17) is 28.4 Å². The Morgan fingerprint density at radius 2 is 1.10 bits per heavy atom. The van der Waals surface area contributed by atoms with Crippen LogP contribution < -0.4 is 28.4 Å². The number of ether oxygens (including phenoxy) is 6. The first-order valence-corrected chi connectivity index (χ1v) is 15.5. The molecule has 0 saturated heterocycles. The molecule has 1 fully saturated rings. The number of benzene rings is 2. The number of Topliss-reactive ketones (excluding diaryl/α,β-unsaturated/α-hetero) is 1. The molecular formula is C32H40Br2O7. The minimum atomic E-state index is -0.00733. The standard InChI is InChI=1S/C32H40Br2O7/c1-7-9-14-40-29-22(18-24(36-3)31(38-5)26(29)33)16-20-12-11-13-21(28(20)35)17-23-19-25(37-4)32(39-6)27(34)30(23)41-15-10-8-2/h16-19H,7-15H2,1-6H3/b20-16+,21-17+. The zero-order valence-corrected chi connectivity index (χ0v) is 28.0. The van der Waals surface area contributed by atoms with Gasteiger partial charge in [0.2, 0.25) is 0 Å². The number of allylic oxidation sites excluding steroid dienone is 2. The molecule has 2 aromatic carbocycles. The topological polar surface area (TPSA) is 72.5 Å². The summed E-state index contributed by atoms with van der Waals surface area (Å²) in [6.45, 7) is 5.33. The fourth-order valence-corrected chi connectivity index (χ4v) is 6.00. The minimum Gasteiger partial charge on any atom is -0.493 e. The third-order valence-electron chi connectivity index (χ3n) is 6.81. The van der Waals surface area contributed by atoms with Crippen molar-refractivity contribution in [3.8, 4) is 34.5 Å². The molecule has 2 aromatic rings. The number of methoxy groups -OCH3 is 4. The summed E-state index contributed by atoms with van der Waals surface area (Å²) in [6, 6.07) is 3.71. The van der Waals surface area contributed by atoms with E-state index in [-0.39, 0.29) is 5.78 Å². The number of unbranched alkanes of at least 4 members (excludes halogenated alkanes) is 2. The smallest absolute Gasteiger partial charge is 0.185 e. The van der Waals surface area contributed by atoms with Gasteiger partial charge in [0, 0.05) is 22.3 Å². The second kappa shape index (κ2) is 16.1. The van der Waals surface area contributed by atoms with Crippen molar-refractivity contribution in [1.82, 2.24) is 0 Å². The van der Waals surface area contributed by atoms with Crippen LogP contribution in [0.15, 0.2) is 32.2 Å². The lowest BCUT2D eigenvalue weighted by Gasteiger charge is -2.21. The molecule has 224 valence electrons. The molecule has 0 heterocycles. The summed E-state index contributed by atoms with van der Waals surface area (Å²) in [5.74, 6) is 3.45. The minimum absolute atomic E-state index is 0.00733. The molecule has 1 aliphatic carbocycles. The van der Waals surface area contributed by atoms with Crippen molar-refractivity contribution in [3.63, 3.8) is 0 Å². The molecule has 0 spiro atoms. The Hall–Kier alpha value is -2.65. The quantitative estimate of drug-likeness (QED) is 0.144. The Bertz CT molecular complexity index is 1190. The second-order valence-corrected chi connectivity index (χ2v) is 11.2. The molecule has 9 heteroatoms. The SMILES string of the molecule is CCCCOc1c(/C=C2\CCC/C(=C\c3cc(OC)c(OC)c(Br)c3OCCCC)C2=O)cc(OC)c(OC)c1Br. The van der Waals surface area contributed by atoms with Gasteiger partial charge in [-0.3, -0.25) is 4.79 Å². The maximum Gasteiger partial charge on any atom is 0.185 e. The van der Waals surface area contributed by atoms with Gasteiger partial charge in [0.1, 0.15) is 20.4 Å². The summed E-state index contributed by atoms with van der Waals surface area (Å²) in [6.07, 6.45) is 9.80. The summed E-state index contributed by atoms with van der Waals surface area (Å²) >= 11 is 7.28. The average molecular weight is 696 g/mol. The summed E-state index contributed by atoms with van der Waals surface area (Å²) in [5, 5.41) is 0. The molecule has 0 aromatic heterocycles. The molecule has 0 amide bonds. The van der Waals surface area contributed by atoms with Crippen LogP contribution in [0.4, 0.5) is 0 Å². The van der Waals surface area contributed by atoms with Gasteiger partial charge < -0.3 is 28.4 Å². The Morgan fingerprint density at radius 3 is 1.44 bits per heavy atom. The van der Waals surface area contributed by atoms with Crippen molar-refractivity contribution in [1.29, 1.82) is 0 Å². The highest BCUT2D eigenvalue weighted by molar-refractivity contribution is 9.11. The van der Waals surface area contributed by atoms with Crippen LogP contribution in [0.5, 0.6) is 34.5 Å². The Labute approximate surface area is 260 Å². The van der Waals surface area contributed by atoms with E-state index in [2.05, 4.69) is 45.7 Å². The monoisotopic (exact) mass is 694 g/mol. The predicted molar refractivity (Wildman–Crippen MR) is 170 cm³/mol. The summed E-state index contributed by atoms with van der Waals surface area (Å²) in [5.41, 5.74) is 2.92. The third-order valence-corrected chi connectivity index (χ3v) is 8.25. The number of carbonyl (C=O) groups excluding carboxylic acids is 1. The van der Waals surface area contributed by atoms with Gasteiger partial charge in [0.25, 0.3) is 0 Å². The first-order chi connectivity index (χ1) is 19.8. The van der Waals surface area contributed by atoms with Crippen LogP contribution in [0.2, 0.25) is 0 Å². The van der Waals surface area contributed by atoms with Crippen LogP contribution in [0, 0.1) is 0 Å². The van der Waals surface area contributed by atoms with E-state index in [0.717, 1.165) is 43.2 Å². The maximum atomic E-state index is 13.8. The molecule has 0 aliphatic heterocycles. The zero-order valence-electron chi connectivity index (χ0n) is 24.8. The highest BCUT2D eigenvalue weighted by atomic mass is 79.9. The summed E-state index contributed by atoms with van der Waals surface area (Å²) in [7, 11) is 6.36. The van der Waals surface area contributed by atoms with Gasteiger partial charge in [-0.2, -0.15) is 0 Å². The van der Waals surface area contributed by atoms with Gasteiger partial charge in [-0.15, -0.1) is 0 Å². The lowest BCUT2D eigenvalue weighted by atomic mass is 9.86. The molecule has 0 unspecified atom stereocenters. The van der Waals surface area contributed by atoms with E-state index in [1.807, 2.05) is 24.3 Å².